The molecular weight excluding hydrogens is 454 g/mol. The number of nitrogens with one attached hydrogen (secondary N) is 1. The second kappa shape index (κ2) is 8.53. The summed E-state index contributed by atoms with van der Waals surface area (Å²) in [7, 11) is 1.35. The largest absolute Gasteiger partial charge is 0.466 e. The summed E-state index contributed by atoms with van der Waals surface area (Å²) in [6, 6.07) is 15.2. The van der Waals surface area contributed by atoms with Crippen molar-refractivity contribution >= 4 is 46.0 Å². The average molecular weight is 476 g/mol. The summed E-state index contributed by atoms with van der Waals surface area (Å²) < 4.78 is 7.24. The maximum absolute atomic E-state index is 13.6. The number of thiazole rings is 1. The fourth-order valence-corrected chi connectivity index (χ4v) is 5.59. The van der Waals surface area contributed by atoms with E-state index >= 15 is 0 Å². The van der Waals surface area contributed by atoms with Gasteiger partial charge in [-0.05, 0) is 43.0 Å². The smallest absolute Gasteiger partial charge is 0.338 e. The minimum atomic E-state index is -0.602. The number of carbonyl (C=O) groups excluding carboxylic acids is 1. The number of H-pyrrole nitrogens is 1. The summed E-state index contributed by atoms with van der Waals surface area (Å²) in [6.07, 6.45) is 5.78. The van der Waals surface area contributed by atoms with Gasteiger partial charge in [-0.3, -0.25) is 9.36 Å². The Morgan fingerprint density at radius 2 is 1.97 bits per heavy atom. The van der Waals surface area contributed by atoms with Crippen LogP contribution in [0.15, 0.2) is 80.7 Å². The van der Waals surface area contributed by atoms with Gasteiger partial charge in [-0.25, -0.2) is 9.79 Å². The fourth-order valence-electron chi connectivity index (χ4n) is 4.15. The van der Waals surface area contributed by atoms with Gasteiger partial charge in [0.1, 0.15) is 0 Å². The quantitative estimate of drug-likeness (QED) is 0.361. The average Bonchev–Trinajstić information content (AvgIpc) is 3.38. The number of rotatable bonds is 4. The number of carbonyl (C=O) groups is 1. The van der Waals surface area contributed by atoms with E-state index in [1.54, 1.807) is 23.3 Å². The van der Waals surface area contributed by atoms with Gasteiger partial charge in [-0.1, -0.05) is 41.7 Å². The van der Waals surface area contributed by atoms with Gasteiger partial charge in [0.15, 0.2) is 4.80 Å². The normalized spacial score (nSPS) is 16.1. The minimum absolute atomic E-state index is 0.183. The first-order chi connectivity index (χ1) is 16.0. The molecule has 0 fully saturated rings. The van der Waals surface area contributed by atoms with Crippen molar-refractivity contribution in [2.24, 2.45) is 4.99 Å². The summed E-state index contributed by atoms with van der Waals surface area (Å²) in [5.74, 6) is -0.485. The molecule has 8 heteroatoms. The molecule has 0 radical (unpaired) electrons. The SMILES string of the molecule is COC(=O)C1=C(C)N=c2s/c(=C\c3c[nH]c4ccccc34)c(=O)n2C1c1ccc(SC)cc1. The van der Waals surface area contributed by atoms with Crippen LogP contribution < -0.4 is 14.9 Å². The highest BCUT2D eigenvalue weighted by molar-refractivity contribution is 7.98. The predicted octanol–water partition coefficient (Wildman–Crippen LogP) is 3.61. The van der Waals surface area contributed by atoms with E-state index in [4.69, 9.17) is 4.74 Å². The molecule has 4 aromatic rings. The number of hydrogen-bond donors (Lipinski definition) is 1. The number of aromatic amines is 1. The van der Waals surface area contributed by atoms with Crippen LogP contribution in [0, 0.1) is 0 Å². The molecule has 1 aliphatic heterocycles. The third-order valence-electron chi connectivity index (χ3n) is 5.77. The number of hydrogen-bond acceptors (Lipinski definition) is 6. The third-order valence-corrected chi connectivity index (χ3v) is 7.49. The molecule has 166 valence electrons. The molecule has 5 rings (SSSR count). The van der Waals surface area contributed by atoms with Gasteiger partial charge in [-0.2, -0.15) is 0 Å². The molecule has 2 aromatic heterocycles. The molecule has 6 nitrogen and oxygen atoms in total. The van der Waals surface area contributed by atoms with Gasteiger partial charge < -0.3 is 9.72 Å². The number of para-hydroxylation sites is 1. The van der Waals surface area contributed by atoms with Gasteiger partial charge in [-0.15, -0.1) is 11.8 Å². The molecule has 0 saturated carbocycles. The predicted molar refractivity (Wildman–Crippen MR) is 132 cm³/mol. The van der Waals surface area contributed by atoms with Crippen LogP contribution >= 0.6 is 23.1 Å². The minimum Gasteiger partial charge on any atom is -0.466 e. The Hall–Kier alpha value is -3.36. The van der Waals surface area contributed by atoms with Crippen molar-refractivity contribution in [2.45, 2.75) is 17.9 Å². The van der Waals surface area contributed by atoms with E-state index in [0.29, 0.717) is 20.6 Å². The molecule has 0 amide bonds. The van der Waals surface area contributed by atoms with E-state index in [2.05, 4.69) is 9.98 Å². The van der Waals surface area contributed by atoms with Gasteiger partial charge in [0.25, 0.3) is 5.56 Å². The summed E-state index contributed by atoms with van der Waals surface area (Å²) in [6.45, 7) is 1.78. The number of methoxy groups -OCH3 is 1. The monoisotopic (exact) mass is 475 g/mol. The number of allylic oxidation sites excluding steroid dienone is 1. The first-order valence-electron chi connectivity index (χ1n) is 10.3. The molecule has 3 heterocycles. The van der Waals surface area contributed by atoms with Crippen LogP contribution in [0.4, 0.5) is 0 Å². The molecule has 0 bridgehead atoms. The van der Waals surface area contributed by atoms with Crippen molar-refractivity contribution in [1.29, 1.82) is 0 Å². The van der Waals surface area contributed by atoms with Crippen molar-refractivity contribution in [1.82, 2.24) is 9.55 Å². The molecular formula is C25H21N3O3S2. The molecule has 0 spiro atoms. The van der Waals surface area contributed by atoms with E-state index in [9.17, 15) is 9.59 Å². The van der Waals surface area contributed by atoms with Gasteiger partial charge >= 0.3 is 5.97 Å². The zero-order chi connectivity index (χ0) is 23.1. The van der Waals surface area contributed by atoms with Gasteiger partial charge in [0.2, 0.25) is 0 Å². The third kappa shape index (κ3) is 3.65. The number of fused-ring (bicyclic) bond motifs is 2. The van der Waals surface area contributed by atoms with Crippen LogP contribution in [-0.2, 0) is 9.53 Å². The number of thioether (sulfide) groups is 1. The maximum Gasteiger partial charge on any atom is 0.338 e. The zero-order valence-electron chi connectivity index (χ0n) is 18.3. The van der Waals surface area contributed by atoms with E-state index in [0.717, 1.165) is 26.9 Å². The Labute approximate surface area is 197 Å². The van der Waals surface area contributed by atoms with E-state index < -0.39 is 12.0 Å². The second-order valence-electron chi connectivity index (χ2n) is 7.64. The molecule has 0 aliphatic carbocycles. The van der Waals surface area contributed by atoms with E-state index in [1.807, 2.05) is 67.1 Å². The lowest BCUT2D eigenvalue weighted by Crippen LogP contribution is -2.39. The lowest BCUT2D eigenvalue weighted by Gasteiger charge is -2.24. The lowest BCUT2D eigenvalue weighted by molar-refractivity contribution is -0.136. The van der Waals surface area contributed by atoms with E-state index in [1.165, 1.54) is 18.4 Å². The summed E-state index contributed by atoms with van der Waals surface area (Å²) in [5.41, 5.74) is 3.52. The number of aromatic nitrogens is 2. The van der Waals surface area contributed by atoms with Crippen LogP contribution in [0.5, 0.6) is 0 Å². The van der Waals surface area contributed by atoms with Gasteiger partial charge in [0, 0.05) is 27.6 Å². The number of benzene rings is 2. The van der Waals surface area contributed by atoms with Crippen LogP contribution in [0.1, 0.15) is 24.1 Å². The Bertz CT molecular complexity index is 1590. The molecule has 2 aromatic carbocycles. The molecule has 33 heavy (non-hydrogen) atoms. The summed E-state index contributed by atoms with van der Waals surface area (Å²) in [4.78, 5) is 35.9. The first-order valence-corrected chi connectivity index (χ1v) is 12.4. The highest BCUT2D eigenvalue weighted by Gasteiger charge is 2.33. The molecule has 1 atom stereocenters. The first kappa shape index (κ1) is 21.5. The number of nitrogens with zero attached hydrogens (tertiary/aromatic N) is 2. The van der Waals surface area contributed by atoms with Crippen LogP contribution in [0.2, 0.25) is 0 Å². The standard InChI is InChI=1S/C25H21N3O3S2/c1-14-21(24(30)31-2)22(15-8-10-17(32-3)11-9-15)28-23(29)20(33-25(28)27-14)12-16-13-26-19-7-5-4-6-18(16)19/h4-13,22,26H,1-3H3/b20-12-. The Morgan fingerprint density at radius 3 is 2.70 bits per heavy atom. The number of esters is 1. The molecule has 1 unspecified atom stereocenters. The molecule has 0 saturated heterocycles. The van der Waals surface area contributed by atoms with Crippen LogP contribution in [-0.4, -0.2) is 28.9 Å². The zero-order valence-corrected chi connectivity index (χ0v) is 19.9. The van der Waals surface area contributed by atoms with Crippen molar-refractivity contribution in [3.8, 4) is 0 Å². The lowest BCUT2D eigenvalue weighted by atomic mass is 9.96. The van der Waals surface area contributed by atoms with E-state index in [-0.39, 0.29) is 5.56 Å². The van der Waals surface area contributed by atoms with Crippen molar-refractivity contribution in [3.63, 3.8) is 0 Å². The Morgan fingerprint density at radius 1 is 1.21 bits per heavy atom. The maximum atomic E-state index is 13.6. The highest BCUT2D eigenvalue weighted by atomic mass is 32.2. The van der Waals surface area contributed by atoms with Crippen LogP contribution in [0.3, 0.4) is 0 Å². The number of ether oxygens (including phenoxy) is 1. The molecule has 1 N–H and O–H groups in total. The van der Waals surface area contributed by atoms with Crippen molar-refractivity contribution < 1.29 is 9.53 Å². The van der Waals surface area contributed by atoms with Crippen molar-refractivity contribution in [2.75, 3.05) is 13.4 Å². The fraction of sp³-hybridized carbons (Fsp3) is 0.160. The summed E-state index contributed by atoms with van der Waals surface area (Å²) in [5, 5.41) is 1.04. The van der Waals surface area contributed by atoms with Gasteiger partial charge in [0.05, 0.1) is 29.0 Å². The van der Waals surface area contributed by atoms with Crippen LogP contribution in [0.25, 0.3) is 17.0 Å². The van der Waals surface area contributed by atoms with Crippen molar-refractivity contribution in [3.05, 3.63) is 96.8 Å². The summed E-state index contributed by atoms with van der Waals surface area (Å²) >= 11 is 2.96. The Kier molecular flexibility index (Phi) is 5.55. The topological polar surface area (TPSA) is 76.4 Å². The Balaban J connectivity index is 1.74. The molecule has 1 aliphatic rings. The second-order valence-corrected chi connectivity index (χ2v) is 9.52. The highest BCUT2D eigenvalue weighted by Crippen LogP contribution is 2.31.